The summed E-state index contributed by atoms with van der Waals surface area (Å²) in [4.78, 5) is 25.3. The molecule has 1 amide bonds. The van der Waals surface area contributed by atoms with Crippen molar-refractivity contribution in [3.63, 3.8) is 0 Å². The molecule has 2 rings (SSSR count). The molecule has 1 heterocycles. The first-order valence-electron chi connectivity index (χ1n) is 7.87. The fraction of sp³-hybridized carbons (Fsp3) is 0.444. The summed E-state index contributed by atoms with van der Waals surface area (Å²) < 4.78 is 0. The molecule has 0 radical (unpaired) electrons. The highest BCUT2D eigenvalue weighted by Gasteiger charge is 2.50. The normalized spacial score (nSPS) is 19.4. The van der Waals surface area contributed by atoms with Crippen LogP contribution in [0.3, 0.4) is 0 Å². The largest absolute Gasteiger partial charge is 0.369 e. The van der Waals surface area contributed by atoms with Gasteiger partial charge in [-0.3, -0.25) is 9.69 Å². The summed E-state index contributed by atoms with van der Waals surface area (Å²) in [6, 6.07) is 13.8. The van der Waals surface area contributed by atoms with Crippen LogP contribution < -0.4 is 5.73 Å². The van der Waals surface area contributed by atoms with E-state index in [1.165, 1.54) is 5.56 Å². The van der Waals surface area contributed by atoms with Gasteiger partial charge < -0.3 is 10.5 Å². The fourth-order valence-electron chi connectivity index (χ4n) is 3.52. The minimum absolute atomic E-state index is 0.415. The summed E-state index contributed by atoms with van der Waals surface area (Å²) >= 11 is 0. The lowest BCUT2D eigenvalue weighted by Crippen LogP contribution is -2.51. The van der Waals surface area contributed by atoms with Crippen LogP contribution in [0, 0.1) is 39.9 Å². The second-order valence-corrected chi connectivity index (χ2v) is 6.20. The van der Waals surface area contributed by atoms with Crippen LogP contribution in [0.25, 0.3) is 0 Å². The van der Waals surface area contributed by atoms with E-state index >= 15 is 0 Å². The van der Waals surface area contributed by atoms with Crippen LogP contribution >= 0.6 is 0 Å². The van der Waals surface area contributed by atoms with Gasteiger partial charge in [-0.2, -0.15) is 10.5 Å². The van der Waals surface area contributed by atoms with E-state index in [0.717, 1.165) is 6.54 Å². The number of carbonyl (C=O) groups excluding carboxylic acids is 2. The Bertz CT molecular complexity index is 666. The molecule has 0 aliphatic carbocycles. The highest BCUT2D eigenvalue weighted by atomic mass is 16.1. The minimum atomic E-state index is -1.13. The monoisotopic (exact) mass is 324 g/mol. The smallest absolute Gasteiger partial charge is 0.235 e. The fourth-order valence-corrected chi connectivity index (χ4v) is 3.52. The van der Waals surface area contributed by atoms with Crippen molar-refractivity contribution in [1.29, 1.82) is 10.5 Å². The third-order valence-electron chi connectivity index (χ3n) is 4.92. The molecule has 6 heteroatoms. The van der Waals surface area contributed by atoms with Crippen LogP contribution in [0.4, 0.5) is 0 Å². The molecule has 2 N–H and O–H groups in total. The average Bonchev–Trinajstić information content (AvgIpc) is 2.59. The molecule has 0 spiro atoms. The first kappa shape index (κ1) is 17.7. The Morgan fingerprint density at radius 3 is 2.33 bits per heavy atom. The summed E-state index contributed by atoms with van der Waals surface area (Å²) in [6.45, 7) is 1.96. The topological polar surface area (TPSA) is 111 Å². The summed E-state index contributed by atoms with van der Waals surface area (Å²) in [5.74, 6) is -2.91. The van der Waals surface area contributed by atoms with Gasteiger partial charge in [-0.1, -0.05) is 30.3 Å². The quantitative estimate of drug-likeness (QED) is 0.791. The van der Waals surface area contributed by atoms with Crippen LogP contribution in [-0.4, -0.2) is 30.2 Å². The van der Waals surface area contributed by atoms with Gasteiger partial charge in [-0.05, 0) is 31.5 Å². The first-order valence-corrected chi connectivity index (χ1v) is 7.87. The molecule has 0 bridgehead atoms. The molecule has 6 nitrogen and oxygen atoms in total. The molecule has 1 saturated heterocycles. The number of nitrogens with two attached hydrogens (primary N) is 1. The maximum Gasteiger partial charge on any atom is 0.235 e. The predicted octanol–water partition coefficient (Wildman–Crippen LogP) is 1.23. The van der Waals surface area contributed by atoms with E-state index in [9.17, 15) is 20.1 Å². The number of hydrogen-bond donors (Lipinski definition) is 1. The minimum Gasteiger partial charge on any atom is -0.369 e. The van der Waals surface area contributed by atoms with Gasteiger partial charge in [0.1, 0.15) is 18.1 Å². The van der Waals surface area contributed by atoms with Crippen molar-refractivity contribution in [2.24, 2.45) is 23.0 Å². The number of rotatable bonds is 6. The maximum atomic E-state index is 11.7. The molecule has 1 fully saturated rings. The molecule has 1 aromatic rings. The lowest BCUT2D eigenvalue weighted by Gasteiger charge is -2.44. The Hall–Kier alpha value is -2.70. The van der Waals surface area contributed by atoms with Gasteiger partial charge in [0.2, 0.25) is 5.91 Å². The van der Waals surface area contributed by atoms with Gasteiger partial charge in [0.05, 0.1) is 12.1 Å². The Morgan fingerprint density at radius 2 is 1.88 bits per heavy atom. The SMILES string of the molecule is N#CC(C=O)C1(C(C#N)C(N)=O)CCN(Cc2ccccc2)CC1. The molecule has 0 saturated carbocycles. The van der Waals surface area contributed by atoms with Crippen molar-refractivity contribution in [3.05, 3.63) is 35.9 Å². The Labute approximate surface area is 141 Å². The highest BCUT2D eigenvalue weighted by Crippen LogP contribution is 2.44. The van der Waals surface area contributed by atoms with E-state index in [2.05, 4.69) is 4.90 Å². The zero-order chi connectivity index (χ0) is 17.6. The Morgan fingerprint density at radius 1 is 1.25 bits per heavy atom. The van der Waals surface area contributed by atoms with Crippen LogP contribution in [0.2, 0.25) is 0 Å². The number of benzene rings is 1. The number of piperidine rings is 1. The van der Waals surface area contributed by atoms with E-state index in [-0.39, 0.29) is 0 Å². The molecule has 1 aromatic carbocycles. The van der Waals surface area contributed by atoms with Crippen molar-refractivity contribution < 1.29 is 9.59 Å². The average molecular weight is 324 g/mol. The number of nitriles is 2. The van der Waals surface area contributed by atoms with Crippen LogP contribution in [0.15, 0.2) is 30.3 Å². The molecule has 1 aliphatic heterocycles. The van der Waals surface area contributed by atoms with Crippen molar-refractivity contribution in [3.8, 4) is 12.1 Å². The van der Waals surface area contributed by atoms with Gasteiger partial charge in [0.25, 0.3) is 0 Å². The predicted molar refractivity (Wildman–Crippen MR) is 86.9 cm³/mol. The summed E-state index contributed by atoms with van der Waals surface area (Å²) in [5.41, 5.74) is 5.54. The third kappa shape index (κ3) is 3.45. The molecule has 1 aliphatic rings. The van der Waals surface area contributed by atoms with Crippen molar-refractivity contribution in [1.82, 2.24) is 4.90 Å². The number of primary amides is 1. The number of likely N-dealkylation sites (tertiary alicyclic amines) is 1. The Balaban J connectivity index is 2.18. The zero-order valence-electron chi connectivity index (χ0n) is 13.4. The van der Waals surface area contributed by atoms with E-state index < -0.39 is 23.2 Å². The van der Waals surface area contributed by atoms with Gasteiger partial charge in [-0.15, -0.1) is 0 Å². The number of nitrogens with zero attached hydrogens (tertiary/aromatic N) is 3. The van der Waals surface area contributed by atoms with Gasteiger partial charge in [-0.25, -0.2) is 0 Å². The standard InChI is InChI=1S/C18H20N4O2/c19-10-15(13-23)18(16(11-20)17(21)24)6-8-22(9-7-18)12-14-4-2-1-3-5-14/h1-5,13,15-16H,6-9,12H2,(H2,21,24). The second-order valence-electron chi connectivity index (χ2n) is 6.20. The number of amides is 1. The molecule has 124 valence electrons. The summed E-state index contributed by atoms with van der Waals surface area (Å²) in [7, 11) is 0. The van der Waals surface area contributed by atoms with E-state index in [0.29, 0.717) is 32.2 Å². The second kappa shape index (κ2) is 7.72. The third-order valence-corrected chi connectivity index (χ3v) is 4.92. The van der Waals surface area contributed by atoms with E-state index in [1.54, 1.807) is 0 Å². The lowest BCUT2D eigenvalue weighted by molar-refractivity contribution is -0.128. The van der Waals surface area contributed by atoms with Crippen molar-refractivity contribution in [2.45, 2.75) is 19.4 Å². The Kier molecular flexibility index (Phi) is 5.68. The summed E-state index contributed by atoms with van der Waals surface area (Å²) in [6.07, 6.45) is 1.37. The van der Waals surface area contributed by atoms with Gasteiger partial charge in [0.15, 0.2) is 0 Å². The molecular weight excluding hydrogens is 304 g/mol. The number of carbonyl (C=O) groups is 2. The zero-order valence-corrected chi connectivity index (χ0v) is 13.4. The van der Waals surface area contributed by atoms with E-state index in [1.807, 2.05) is 42.5 Å². The van der Waals surface area contributed by atoms with Crippen molar-refractivity contribution >= 4 is 12.2 Å². The van der Waals surface area contributed by atoms with Crippen molar-refractivity contribution in [2.75, 3.05) is 13.1 Å². The van der Waals surface area contributed by atoms with Crippen LogP contribution in [0.1, 0.15) is 18.4 Å². The van der Waals surface area contributed by atoms with Gasteiger partial charge in [0, 0.05) is 12.0 Å². The lowest BCUT2D eigenvalue weighted by atomic mass is 9.62. The number of aldehydes is 1. The van der Waals surface area contributed by atoms with Gasteiger partial charge >= 0.3 is 0 Å². The van der Waals surface area contributed by atoms with E-state index in [4.69, 9.17) is 5.73 Å². The number of hydrogen-bond acceptors (Lipinski definition) is 5. The molecule has 2 atom stereocenters. The molecule has 24 heavy (non-hydrogen) atoms. The molecule has 2 unspecified atom stereocenters. The summed E-state index contributed by atoms with van der Waals surface area (Å²) in [5, 5.41) is 18.7. The van der Waals surface area contributed by atoms with Crippen LogP contribution in [-0.2, 0) is 16.1 Å². The first-order chi connectivity index (χ1) is 11.6. The maximum absolute atomic E-state index is 11.7. The van der Waals surface area contributed by atoms with Crippen LogP contribution in [0.5, 0.6) is 0 Å². The molecular formula is C18H20N4O2. The molecule has 0 aromatic heterocycles. The highest BCUT2D eigenvalue weighted by molar-refractivity contribution is 5.81.